The molecule has 8 heteroatoms. The third-order valence-electron chi connectivity index (χ3n) is 1.89. The second kappa shape index (κ2) is 4.71. The Morgan fingerprint density at radius 3 is 3.06 bits per heavy atom. The number of rotatable bonds is 4. The molecule has 2 rings (SSSR count). The molecule has 2 aromatic rings. The number of aromatic nitrogens is 4. The monoisotopic (exact) mass is 302 g/mol. The third kappa shape index (κ3) is 2.27. The van der Waals surface area contributed by atoms with Crippen molar-refractivity contribution in [1.82, 2.24) is 20.2 Å². The highest BCUT2D eigenvalue weighted by Crippen LogP contribution is 2.31. The lowest BCUT2D eigenvalue weighted by molar-refractivity contribution is -0.137. The van der Waals surface area contributed by atoms with Crippen molar-refractivity contribution in [1.29, 1.82) is 0 Å². The molecular weight excluding hydrogens is 296 g/mol. The summed E-state index contributed by atoms with van der Waals surface area (Å²) >= 11 is 4.89. The van der Waals surface area contributed by atoms with Crippen LogP contribution in [0.1, 0.15) is 6.42 Å². The van der Waals surface area contributed by atoms with E-state index in [0.29, 0.717) is 5.82 Å². The topological polar surface area (TPSA) is 80.9 Å². The largest absolute Gasteiger partial charge is 0.481 e. The van der Waals surface area contributed by atoms with Crippen molar-refractivity contribution in [2.24, 2.45) is 0 Å². The van der Waals surface area contributed by atoms with Crippen molar-refractivity contribution in [2.75, 3.05) is 0 Å². The zero-order chi connectivity index (χ0) is 11.5. The van der Waals surface area contributed by atoms with Gasteiger partial charge >= 0.3 is 5.97 Å². The van der Waals surface area contributed by atoms with Crippen LogP contribution in [0.15, 0.2) is 15.9 Å². The van der Waals surface area contributed by atoms with Crippen LogP contribution in [0.2, 0.25) is 0 Å². The Hall–Kier alpha value is -1.28. The number of hydrogen-bond acceptors (Lipinski definition) is 5. The average Bonchev–Trinajstić information content (AvgIpc) is 2.82. The molecule has 1 N–H and O–H groups in total. The summed E-state index contributed by atoms with van der Waals surface area (Å²) in [5.41, 5.74) is 0. The van der Waals surface area contributed by atoms with Crippen LogP contribution < -0.4 is 0 Å². The van der Waals surface area contributed by atoms with E-state index in [-0.39, 0.29) is 13.0 Å². The summed E-state index contributed by atoms with van der Waals surface area (Å²) in [5, 5.41) is 21.7. The molecule has 6 nitrogen and oxygen atoms in total. The normalized spacial score (nSPS) is 10.6. The first-order chi connectivity index (χ1) is 7.68. The zero-order valence-corrected chi connectivity index (χ0v) is 10.4. The number of nitrogens with zero attached hydrogens (tertiary/aromatic N) is 4. The molecule has 0 saturated heterocycles. The molecule has 0 aromatic carbocycles. The summed E-state index contributed by atoms with van der Waals surface area (Å²) in [6, 6.07) is 1.90. The first kappa shape index (κ1) is 11.2. The summed E-state index contributed by atoms with van der Waals surface area (Å²) in [4.78, 5) is 11.4. The van der Waals surface area contributed by atoms with Crippen LogP contribution in [0.4, 0.5) is 0 Å². The van der Waals surface area contributed by atoms with Gasteiger partial charge in [0, 0.05) is 4.47 Å². The van der Waals surface area contributed by atoms with Crippen LogP contribution in [0.3, 0.4) is 0 Å². The van der Waals surface area contributed by atoms with Gasteiger partial charge in [0.2, 0.25) is 0 Å². The highest BCUT2D eigenvalue weighted by molar-refractivity contribution is 9.10. The van der Waals surface area contributed by atoms with Crippen LogP contribution in [0, 0.1) is 0 Å². The van der Waals surface area contributed by atoms with Crippen molar-refractivity contribution in [3.8, 4) is 10.7 Å². The lowest BCUT2D eigenvalue weighted by atomic mass is 10.4. The molecule has 0 unspecified atom stereocenters. The molecule has 84 valence electrons. The number of tetrazole rings is 1. The Morgan fingerprint density at radius 1 is 1.62 bits per heavy atom. The molecule has 0 atom stereocenters. The maximum absolute atomic E-state index is 10.5. The second-order valence-electron chi connectivity index (χ2n) is 2.97. The molecule has 0 aliphatic rings. The minimum atomic E-state index is -0.869. The molecule has 0 aliphatic heterocycles. The van der Waals surface area contributed by atoms with Crippen LogP contribution in [0.25, 0.3) is 10.7 Å². The van der Waals surface area contributed by atoms with Crippen LogP contribution in [-0.2, 0) is 11.3 Å². The maximum Gasteiger partial charge on any atom is 0.305 e. The number of aryl methyl sites for hydroxylation is 1. The minimum Gasteiger partial charge on any atom is -0.481 e. The van der Waals surface area contributed by atoms with Crippen LogP contribution in [-0.4, -0.2) is 31.3 Å². The van der Waals surface area contributed by atoms with E-state index < -0.39 is 5.97 Å². The summed E-state index contributed by atoms with van der Waals surface area (Å²) in [5.74, 6) is -0.283. The van der Waals surface area contributed by atoms with Gasteiger partial charge in [0.1, 0.15) is 0 Å². The summed E-state index contributed by atoms with van der Waals surface area (Å²) in [7, 11) is 0. The van der Waals surface area contributed by atoms with E-state index >= 15 is 0 Å². The van der Waals surface area contributed by atoms with Gasteiger partial charge in [0.15, 0.2) is 5.82 Å². The standard InChI is InChI=1S/C8H7BrN4O2S/c9-5-2-4-16-7(5)8-10-11-12-13(8)3-1-6(14)15/h2,4H,1,3H2,(H,14,15). The number of hydrogen-bond donors (Lipinski definition) is 1. The van der Waals surface area contributed by atoms with Gasteiger partial charge in [-0.05, 0) is 37.8 Å². The van der Waals surface area contributed by atoms with E-state index in [1.807, 2.05) is 11.4 Å². The van der Waals surface area contributed by atoms with Gasteiger partial charge < -0.3 is 5.11 Å². The van der Waals surface area contributed by atoms with E-state index in [9.17, 15) is 4.79 Å². The Morgan fingerprint density at radius 2 is 2.44 bits per heavy atom. The SMILES string of the molecule is O=C(O)CCn1nnnc1-c1sccc1Br. The Balaban J connectivity index is 2.26. The van der Waals surface area contributed by atoms with Gasteiger partial charge in [-0.15, -0.1) is 16.4 Å². The number of thiophene rings is 1. The fraction of sp³-hybridized carbons (Fsp3) is 0.250. The quantitative estimate of drug-likeness (QED) is 0.928. The van der Waals surface area contributed by atoms with E-state index in [1.165, 1.54) is 16.0 Å². The molecule has 0 aliphatic carbocycles. The van der Waals surface area contributed by atoms with Crippen molar-refractivity contribution in [3.63, 3.8) is 0 Å². The van der Waals surface area contributed by atoms with Gasteiger partial charge in [-0.3, -0.25) is 4.79 Å². The van der Waals surface area contributed by atoms with E-state index in [0.717, 1.165) is 9.35 Å². The smallest absolute Gasteiger partial charge is 0.305 e. The van der Waals surface area contributed by atoms with Gasteiger partial charge in [0.25, 0.3) is 0 Å². The summed E-state index contributed by atoms with van der Waals surface area (Å²) in [6.45, 7) is 0.266. The molecule has 2 aromatic heterocycles. The first-order valence-corrected chi connectivity index (χ1v) is 6.07. The zero-order valence-electron chi connectivity index (χ0n) is 8.00. The molecule has 0 radical (unpaired) electrons. The van der Waals surface area contributed by atoms with E-state index in [4.69, 9.17) is 5.11 Å². The minimum absolute atomic E-state index is 0.00103. The van der Waals surface area contributed by atoms with Crippen molar-refractivity contribution < 1.29 is 9.90 Å². The molecular formula is C8H7BrN4O2S. The van der Waals surface area contributed by atoms with Crippen LogP contribution in [0.5, 0.6) is 0 Å². The summed E-state index contributed by atoms with van der Waals surface area (Å²) < 4.78 is 2.40. The fourth-order valence-electron chi connectivity index (χ4n) is 1.17. The molecule has 0 fully saturated rings. The van der Waals surface area contributed by atoms with Gasteiger partial charge in [-0.2, -0.15) is 0 Å². The lowest BCUT2D eigenvalue weighted by Crippen LogP contribution is -2.07. The van der Waals surface area contributed by atoms with Gasteiger partial charge in [-0.1, -0.05) is 0 Å². The molecule has 0 spiro atoms. The Bertz CT molecular complexity index is 510. The predicted molar refractivity (Wildman–Crippen MR) is 61.1 cm³/mol. The molecule has 2 heterocycles. The highest BCUT2D eigenvalue weighted by Gasteiger charge is 2.13. The lowest BCUT2D eigenvalue weighted by Gasteiger charge is -2.00. The third-order valence-corrected chi connectivity index (χ3v) is 3.72. The second-order valence-corrected chi connectivity index (χ2v) is 4.74. The Labute approximate surface area is 103 Å². The molecule has 16 heavy (non-hydrogen) atoms. The highest BCUT2D eigenvalue weighted by atomic mass is 79.9. The van der Waals surface area contributed by atoms with Gasteiger partial charge in [0.05, 0.1) is 17.8 Å². The molecule has 0 amide bonds. The van der Waals surface area contributed by atoms with Crippen molar-refractivity contribution in [3.05, 3.63) is 15.9 Å². The average molecular weight is 303 g/mol. The van der Waals surface area contributed by atoms with Crippen molar-refractivity contribution in [2.45, 2.75) is 13.0 Å². The molecule has 0 bridgehead atoms. The number of aliphatic carboxylic acids is 1. The fourth-order valence-corrected chi connectivity index (χ4v) is 2.71. The summed E-state index contributed by atoms with van der Waals surface area (Å²) in [6.07, 6.45) is 0.00103. The number of carboxylic acids is 1. The number of carboxylic acid groups (broad SMARTS) is 1. The van der Waals surface area contributed by atoms with E-state index in [2.05, 4.69) is 31.5 Å². The number of carbonyl (C=O) groups is 1. The Kier molecular flexibility index (Phi) is 3.30. The molecule has 0 saturated carbocycles. The van der Waals surface area contributed by atoms with Gasteiger partial charge in [-0.25, -0.2) is 4.68 Å². The van der Waals surface area contributed by atoms with Crippen LogP contribution >= 0.6 is 27.3 Å². The maximum atomic E-state index is 10.5. The van der Waals surface area contributed by atoms with Crippen molar-refractivity contribution >= 4 is 33.2 Å². The predicted octanol–water partition coefficient (Wildman–Crippen LogP) is 1.64. The van der Waals surface area contributed by atoms with E-state index in [1.54, 1.807) is 0 Å². The first-order valence-electron chi connectivity index (χ1n) is 4.40. The number of halogens is 1.